The summed E-state index contributed by atoms with van der Waals surface area (Å²) in [6.45, 7) is -0.0344. The predicted octanol–water partition coefficient (Wildman–Crippen LogP) is 1.46. The van der Waals surface area contributed by atoms with Gasteiger partial charge in [0.2, 0.25) is 0 Å². The zero-order valence-electron chi connectivity index (χ0n) is 8.13. The van der Waals surface area contributed by atoms with Crippen LogP contribution >= 0.6 is 0 Å². The van der Waals surface area contributed by atoms with Gasteiger partial charge >= 0.3 is 0 Å². The fourth-order valence-electron chi connectivity index (χ4n) is 0.946. The highest BCUT2D eigenvalue weighted by Crippen LogP contribution is 2.17. The summed E-state index contributed by atoms with van der Waals surface area (Å²) in [5.41, 5.74) is 0. The Bertz CT molecular complexity index is 376. The van der Waals surface area contributed by atoms with Crippen LogP contribution in [0, 0.1) is 23.0 Å². The Morgan fingerprint density at radius 3 is 2.87 bits per heavy atom. The van der Waals surface area contributed by atoms with Crippen LogP contribution < -0.4 is 10.1 Å². The van der Waals surface area contributed by atoms with Crippen molar-refractivity contribution < 1.29 is 13.5 Å². The molecule has 1 rings (SSSR count). The lowest BCUT2D eigenvalue weighted by atomic mass is 10.3. The van der Waals surface area contributed by atoms with E-state index >= 15 is 0 Å². The van der Waals surface area contributed by atoms with E-state index in [0.29, 0.717) is 0 Å². The third-order valence-corrected chi connectivity index (χ3v) is 1.80. The van der Waals surface area contributed by atoms with Crippen molar-refractivity contribution in [3.05, 3.63) is 29.8 Å². The van der Waals surface area contributed by atoms with Gasteiger partial charge in [-0.3, -0.25) is 0 Å². The Morgan fingerprint density at radius 1 is 1.53 bits per heavy atom. The zero-order chi connectivity index (χ0) is 11.3. The first kappa shape index (κ1) is 11.4. The van der Waals surface area contributed by atoms with Gasteiger partial charge in [0.05, 0.1) is 6.07 Å². The van der Waals surface area contributed by atoms with Crippen LogP contribution in [-0.2, 0) is 0 Å². The number of halogens is 2. The molecule has 1 atom stereocenters. The van der Waals surface area contributed by atoms with E-state index in [2.05, 4.69) is 5.32 Å². The molecule has 0 heterocycles. The van der Waals surface area contributed by atoms with Gasteiger partial charge in [0, 0.05) is 6.07 Å². The average Bonchev–Trinajstić information content (AvgIpc) is 2.24. The summed E-state index contributed by atoms with van der Waals surface area (Å²) >= 11 is 0. The van der Waals surface area contributed by atoms with Gasteiger partial charge < -0.3 is 10.1 Å². The summed E-state index contributed by atoms with van der Waals surface area (Å²) < 4.78 is 30.7. The van der Waals surface area contributed by atoms with Crippen molar-refractivity contribution in [1.82, 2.24) is 5.32 Å². The minimum absolute atomic E-state index is 0.0344. The molecule has 1 aromatic rings. The molecular formula is C10H10F2N2O. The molecule has 1 N–H and O–H groups in total. The van der Waals surface area contributed by atoms with Gasteiger partial charge in [-0.15, -0.1) is 0 Å². The minimum Gasteiger partial charge on any atom is -0.488 e. The normalized spacial score (nSPS) is 11.9. The molecule has 0 aliphatic heterocycles. The van der Waals surface area contributed by atoms with Crippen LogP contribution in [-0.4, -0.2) is 19.7 Å². The molecule has 0 amide bonds. The Kier molecular flexibility index (Phi) is 4.01. The quantitative estimate of drug-likeness (QED) is 0.821. The van der Waals surface area contributed by atoms with Gasteiger partial charge in [0.15, 0.2) is 11.6 Å². The Hall–Kier alpha value is -1.67. The number of rotatable bonds is 4. The molecule has 0 fully saturated rings. The topological polar surface area (TPSA) is 45.0 Å². The molecule has 1 unspecified atom stereocenters. The molecule has 15 heavy (non-hydrogen) atoms. The Balaban J connectivity index is 2.65. The average molecular weight is 212 g/mol. The van der Waals surface area contributed by atoms with E-state index in [0.717, 1.165) is 18.2 Å². The highest BCUT2D eigenvalue weighted by Gasteiger charge is 2.08. The predicted molar refractivity (Wildman–Crippen MR) is 50.3 cm³/mol. The van der Waals surface area contributed by atoms with E-state index in [-0.39, 0.29) is 12.4 Å². The van der Waals surface area contributed by atoms with Crippen molar-refractivity contribution in [3.8, 4) is 11.8 Å². The Morgan fingerprint density at radius 2 is 2.27 bits per heavy atom. The third-order valence-electron chi connectivity index (χ3n) is 1.80. The number of hydrogen-bond acceptors (Lipinski definition) is 3. The second kappa shape index (κ2) is 5.27. The summed E-state index contributed by atoms with van der Waals surface area (Å²) in [6, 6.07) is 4.28. The largest absolute Gasteiger partial charge is 0.488 e. The molecule has 3 nitrogen and oxygen atoms in total. The first-order valence-corrected chi connectivity index (χ1v) is 4.32. The summed E-state index contributed by atoms with van der Waals surface area (Å²) in [6.07, 6.45) is 0. The molecule has 80 valence electrons. The fourth-order valence-corrected chi connectivity index (χ4v) is 0.946. The number of ether oxygens (including phenoxy) is 1. The lowest BCUT2D eigenvalue weighted by Crippen LogP contribution is -2.30. The van der Waals surface area contributed by atoms with Crippen molar-refractivity contribution in [3.63, 3.8) is 0 Å². The van der Waals surface area contributed by atoms with E-state index in [9.17, 15) is 8.78 Å². The molecule has 0 spiro atoms. The molecule has 0 saturated carbocycles. The monoisotopic (exact) mass is 212 g/mol. The number of hydrogen-bond donors (Lipinski definition) is 1. The fraction of sp³-hybridized carbons (Fsp3) is 0.300. The molecular weight excluding hydrogens is 202 g/mol. The van der Waals surface area contributed by atoms with Crippen LogP contribution in [0.5, 0.6) is 5.75 Å². The SMILES string of the molecule is CNC(C#N)COc1cc(F)ccc1F. The minimum atomic E-state index is -0.649. The van der Waals surface area contributed by atoms with Gasteiger partial charge in [-0.05, 0) is 19.2 Å². The van der Waals surface area contributed by atoms with Crippen LogP contribution in [0.15, 0.2) is 18.2 Å². The smallest absolute Gasteiger partial charge is 0.165 e. The number of benzene rings is 1. The Labute approximate surface area is 86.3 Å². The van der Waals surface area contributed by atoms with E-state index in [1.165, 1.54) is 0 Å². The highest BCUT2D eigenvalue weighted by atomic mass is 19.1. The number of nitriles is 1. The molecule has 0 aliphatic carbocycles. The molecule has 0 aromatic heterocycles. The van der Waals surface area contributed by atoms with Crippen molar-refractivity contribution >= 4 is 0 Å². The number of nitrogens with one attached hydrogen (secondary N) is 1. The van der Waals surface area contributed by atoms with Gasteiger partial charge in [-0.2, -0.15) is 5.26 Å². The summed E-state index contributed by atoms with van der Waals surface area (Å²) in [5.74, 6) is -1.42. The lowest BCUT2D eigenvalue weighted by Gasteiger charge is -2.10. The lowest BCUT2D eigenvalue weighted by molar-refractivity contribution is 0.280. The van der Waals surface area contributed by atoms with Crippen molar-refractivity contribution in [2.75, 3.05) is 13.7 Å². The van der Waals surface area contributed by atoms with Crippen molar-refractivity contribution in [2.45, 2.75) is 6.04 Å². The third kappa shape index (κ3) is 3.18. The van der Waals surface area contributed by atoms with Gasteiger partial charge in [-0.25, -0.2) is 8.78 Å². The van der Waals surface area contributed by atoms with Gasteiger partial charge in [-0.1, -0.05) is 0 Å². The molecule has 0 bridgehead atoms. The maximum Gasteiger partial charge on any atom is 0.165 e. The van der Waals surface area contributed by atoms with Crippen molar-refractivity contribution in [1.29, 1.82) is 5.26 Å². The standard InChI is InChI=1S/C10H10F2N2O/c1-14-8(5-13)6-15-10-4-7(11)2-3-9(10)12/h2-4,8,14H,6H2,1H3. The molecule has 0 radical (unpaired) electrons. The van der Waals surface area contributed by atoms with Crippen LogP contribution in [0.1, 0.15) is 0 Å². The molecule has 0 aliphatic rings. The molecule has 5 heteroatoms. The highest BCUT2D eigenvalue weighted by molar-refractivity contribution is 5.25. The maximum absolute atomic E-state index is 13.0. The number of likely N-dealkylation sites (N-methyl/N-ethyl adjacent to an activating group) is 1. The van der Waals surface area contributed by atoms with Gasteiger partial charge in [0.1, 0.15) is 18.5 Å². The molecule has 0 saturated heterocycles. The maximum atomic E-state index is 13.0. The van der Waals surface area contributed by atoms with Crippen LogP contribution in [0.2, 0.25) is 0 Å². The van der Waals surface area contributed by atoms with Gasteiger partial charge in [0.25, 0.3) is 0 Å². The summed E-state index contributed by atoms with van der Waals surface area (Å²) in [7, 11) is 1.58. The first-order chi connectivity index (χ1) is 7.17. The van der Waals surface area contributed by atoms with E-state index in [4.69, 9.17) is 10.00 Å². The second-order valence-electron chi connectivity index (χ2n) is 2.86. The van der Waals surface area contributed by atoms with E-state index < -0.39 is 17.7 Å². The summed E-state index contributed by atoms with van der Waals surface area (Å²) in [4.78, 5) is 0. The van der Waals surface area contributed by atoms with E-state index in [1.54, 1.807) is 7.05 Å². The van der Waals surface area contributed by atoms with E-state index in [1.807, 2.05) is 6.07 Å². The summed E-state index contributed by atoms with van der Waals surface area (Å²) in [5, 5.41) is 11.2. The van der Waals surface area contributed by atoms with Crippen LogP contribution in [0.4, 0.5) is 8.78 Å². The second-order valence-corrected chi connectivity index (χ2v) is 2.86. The van der Waals surface area contributed by atoms with Crippen LogP contribution in [0.3, 0.4) is 0 Å². The zero-order valence-corrected chi connectivity index (χ0v) is 8.13. The number of nitrogens with zero attached hydrogens (tertiary/aromatic N) is 1. The molecule has 1 aromatic carbocycles. The van der Waals surface area contributed by atoms with Crippen molar-refractivity contribution in [2.24, 2.45) is 0 Å². The first-order valence-electron chi connectivity index (χ1n) is 4.32. The van der Waals surface area contributed by atoms with Crippen LogP contribution in [0.25, 0.3) is 0 Å².